The second-order valence-corrected chi connectivity index (χ2v) is 6.78. The fourth-order valence-electron chi connectivity index (χ4n) is 3.27. The summed E-state index contributed by atoms with van der Waals surface area (Å²) in [5, 5.41) is 11.3. The highest BCUT2D eigenvalue weighted by Crippen LogP contribution is 2.29. The fraction of sp³-hybridized carbons (Fsp3) is 0.0417. The summed E-state index contributed by atoms with van der Waals surface area (Å²) in [6.07, 6.45) is 0. The van der Waals surface area contributed by atoms with Crippen molar-refractivity contribution in [2.45, 2.75) is 0 Å². The van der Waals surface area contributed by atoms with Gasteiger partial charge in [-0.05, 0) is 42.5 Å². The fourth-order valence-corrected chi connectivity index (χ4v) is 3.27. The number of carbonyl (C=O) groups excluding carboxylic acids is 4. The van der Waals surface area contributed by atoms with Crippen molar-refractivity contribution in [3.63, 3.8) is 0 Å². The molecule has 0 saturated heterocycles. The normalized spacial score (nSPS) is 11.7. The molecule has 7 nitrogen and oxygen atoms in total. The molecule has 0 radical (unpaired) electrons. The van der Waals surface area contributed by atoms with Gasteiger partial charge in [-0.15, -0.1) is 0 Å². The van der Waals surface area contributed by atoms with Crippen molar-refractivity contribution in [3.8, 4) is 6.07 Å². The van der Waals surface area contributed by atoms with Crippen LogP contribution in [0.4, 0.5) is 5.69 Å². The smallest absolute Gasteiger partial charge is 0.338 e. The van der Waals surface area contributed by atoms with E-state index in [-0.39, 0.29) is 28.3 Å². The van der Waals surface area contributed by atoms with E-state index in [1.807, 2.05) is 6.07 Å². The molecule has 150 valence electrons. The van der Waals surface area contributed by atoms with Crippen LogP contribution in [-0.4, -0.2) is 30.0 Å². The molecular formula is C24H14N2O5. The number of hydrogen-bond acceptors (Lipinski definition) is 6. The molecule has 0 spiro atoms. The second kappa shape index (κ2) is 8.05. The zero-order chi connectivity index (χ0) is 22.0. The third-order valence-corrected chi connectivity index (χ3v) is 4.79. The van der Waals surface area contributed by atoms with Crippen LogP contribution < -0.4 is 5.32 Å². The first-order valence-electron chi connectivity index (χ1n) is 9.27. The van der Waals surface area contributed by atoms with Crippen LogP contribution in [-0.2, 0) is 9.53 Å². The molecule has 4 rings (SSSR count). The average Bonchev–Trinajstić information content (AvgIpc) is 2.81. The number of esters is 1. The highest BCUT2D eigenvalue weighted by atomic mass is 16.5. The van der Waals surface area contributed by atoms with Gasteiger partial charge in [0.25, 0.3) is 5.91 Å². The maximum Gasteiger partial charge on any atom is 0.338 e. The molecule has 7 heteroatoms. The van der Waals surface area contributed by atoms with E-state index in [4.69, 9.17) is 10.00 Å². The van der Waals surface area contributed by atoms with Gasteiger partial charge in [0, 0.05) is 27.9 Å². The number of nitriles is 1. The van der Waals surface area contributed by atoms with Crippen LogP contribution in [0.3, 0.4) is 0 Å². The number of benzene rings is 3. The summed E-state index contributed by atoms with van der Waals surface area (Å²) in [5.41, 5.74) is 2.07. The SMILES string of the molecule is N#Cc1ccc(C(=O)OCC(=O)Nc2ccc3c(c2)C(=O)c2ccccc2C3=O)cc1. The summed E-state index contributed by atoms with van der Waals surface area (Å²) in [6, 6.07) is 18.8. The highest BCUT2D eigenvalue weighted by Gasteiger charge is 2.29. The molecule has 0 atom stereocenters. The van der Waals surface area contributed by atoms with Crippen LogP contribution >= 0.6 is 0 Å². The largest absolute Gasteiger partial charge is 0.452 e. The number of anilines is 1. The van der Waals surface area contributed by atoms with E-state index in [1.165, 1.54) is 42.5 Å². The Kier molecular flexibility index (Phi) is 5.12. The van der Waals surface area contributed by atoms with Gasteiger partial charge in [-0.25, -0.2) is 4.79 Å². The average molecular weight is 410 g/mol. The maximum atomic E-state index is 12.8. The zero-order valence-corrected chi connectivity index (χ0v) is 16.0. The van der Waals surface area contributed by atoms with Gasteiger partial charge >= 0.3 is 5.97 Å². The minimum Gasteiger partial charge on any atom is -0.452 e. The van der Waals surface area contributed by atoms with E-state index in [0.717, 1.165) is 0 Å². The standard InChI is InChI=1S/C24H14N2O5/c25-12-14-5-7-15(8-6-14)24(30)31-13-21(27)26-16-9-10-19-20(11-16)23(29)18-4-2-1-3-17(18)22(19)28/h1-11H,13H2,(H,26,27). The maximum absolute atomic E-state index is 12.8. The lowest BCUT2D eigenvalue weighted by atomic mass is 9.84. The summed E-state index contributed by atoms with van der Waals surface area (Å²) in [4.78, 5) is 49.6. The first-order valence-corrected chi connectivity index (χ1v) is 9.27. The van der Waals surface area contributed by atoms with Gasteiger partial charge in [-0.1, -0.05) is 24.3 Å². The summed E-state index contributed by atoms with van der Waals surface area (Å²) < 4.78 is 4.98. The second-order valence-electron chi connectivity index (χ2n) is 6.78. The lowest BCUT2D eigenvalue weighted by Gasteiger charge is -2.18. The van der Waals surface area contributed by atoms with Crippen LogP contribution in [0.15, 0.2) is 66.7 Å². The van der Waals surface area contributed by atoms with Gasteiger partial charge < -0.3 is 10.1 Å². The topological polar surface area (TPSA) is 113 Å². The number of amides is 1. The van der Waals surface area contributed by atoms with E-state index < -0.39 is 18.5 Å². The van der Waals surface area contributed by atoms with Crippen LogP contribution in [0.1, 0.15) is 47.8 Å². The molecule has 3 aromatic carbocycles. The molecule has 1 amide bonds. The van der Waals surface area contributed by atoms with E-state index in [9.17, 15) is 19.2 Å². The molecule has 1 aliphatic rings. The van der Waals surface area contributed by atoms with Gasteiger partial charge in [0.05, 0.1) is 17.2 Å². The lowest BCUT2D eigenvalue weighted by molar-refractivity contribution is -0.119. The third-order valence-electron chi connectivity index (χ3n) is 4.79. The molecule has 1 aliphatic carbocycles. The molecule has 0 aromatic heterocycles. The predicted molar refractivity (Wildman–Crippen MR) is 110 cm³/mol. The van der Waals surface area contributed by atoms with Crippen molar-refractivity contribution in [3.05, 3.63) is 100 Å². The molecule has 0 unspecified atom stereocenters. The number of nitrogens with zero attached hydrogens (tertiary/aromatic N) is 1. The van der Waals surface area contributed by atoms with Crippen LogP contribution in [0.25, 0.3) is 0 Å². The molecule has 31 heavy (non-hydrogen) atoms. The number of carbonyl (C=O) groups is 4. The van der Waals surface area contributed by atoms with Gasteiger partial charge in [-0.3, -0.25) is 14.4 Å². The number of ketones is 2. The zero-order valence-electron chi connectivity index (χ0n) is 16.0. The number of nitrogens with one attached hydrogen (secondary N) is 1. The van der Waals surface area contributed by atoms with Crippen molar-refractivity contribution >= 4 is 29.1 Å². The Hall–Kier alpha value is -4.57. The number of hydrogen-bond donors (Lipinski definition) is 1. The Morgan fingerprint density at radius 2 is 1.45 bits per heavy atom. The predicted octanol–water partition coefficient (Wildman–Crippen LogP) is 3.13. The molecule has 0 aliphatic heterocycles. The van der Waals surface area contributed by atoms with Crippen LogP contribution in [0, 0.1) is 11.3 Å². The summed E-state index contributed by atoms with van der Waals surface area (Å²) in [5.74, 6) is -1.85. The number of ether oxygens (including phenoxy) is 1. The van der Waals surface area contributed by atoms with Gasteiger partial charge in [0.2, 0.25) is 0 Å². The van der Waals surface area contributed by atoms with Gasteiger partial charge in [0.15, 0.2) is 18.2 Å². The number of fused-ring (bicyclic) bond motifs is 2. The number of rotatable bonds is 4. The van der Waals surface area contributed by atoms with Gasteiger partial charge in [-0.2, -0.15) is 5.26 Å². The third kappa shape index (κ3) is 3.82. The Bertz CT molecular complexity index is 1290. The van der Waals surface area contributed by atoms with Crippen LogP contribution in [0.2, 0.25) is 0 Å². The van der Waals surface area contributed by atoms with Crippen molar-refractivity contribution in [1.29, 1.82) is 5.26 Å². The monoisotopic (exact) mass is 410 g/mol. The Morgan fingerprint density at radius 3 is 2.10 bits per heavy atom. The Morgan fingerprint density at radius 1 is 0.839 bits per heavy atom. The molecule has 1 N–H and O–H groups in total. The molecule has 0 bridgehead atoms. The first-order chi connectivity index (χ1) is 15.0. The summed E-state index contributed by atoms with van der Waals surface area (Å²) >= 11 is 0. The van der Waals surface area contributed by atoms with Gasteiger partial charge in [0.1, 0.15) is 0 Å². The molecule has 0 fully saturated rings. The van der Waals surface area contributed by atoms with Crippen molar-refractivity contribution < 1.29 is 23.9 Å². The quantitative estimate of drug-likeness (QED) is 0.517. The van der Waals surface area contributed by atoms with Crippen molar-refractivity contribution in [2.24, 2.45) is 0 Å². The van der Waals surface area contributed by atoms with E-state index >= 15 is 0 Å². The molecule has 3 aromatic rings. The minimum absolute atomic E-state index is 0.205. The first kappa shape index (κ1) is 19.7. The molecule has 0 heterocycles. The van der Waals surface area contributed by atoms with Crippen molar-refractivity contribution in [2.75, 3.05) is 11.9 Å². The van der Waals surface area contributed by atoms with Crippen LogP contribution in [0.5, 0.6) is 0 Å². The molecular weight excluding hydrogens is 396 g/mol. The van der Waals surface area contributed by atoms with Crippen molar-refractivity contribution in [1.82, 2.24) is 0 Å². The summed E-state index contributed by atoms with van der Waals surface area (Å²) in [7, 11) is 0. The van der Waals surface area contributed by atoms with E-state index in [0.29, 0.717) is 22.4 Å². The van der Waals surface area contributed by atoms with E-state index in [2.05, 4.69) is 5.32 Å². The summed E-state index contributed by atoms with van der Waals surface area (Å²) in [6.45, 7) is -0.536. The Balaban J connectivity index is 1.43. The minimum atomic E-state index is -0.706. The highest BCUT2D eigenvalue weighted by molar-refractivity contribution is 6.28. The lowest BCUT2D eigenvalue weighted by Crippen LogP contribution is -2.23. The Labute approximate surface area is 176 Å². The molecule has 0 saturated carbocycles. The van der Waals surface area contributed by atoms with E-state index in [1.54, 1.807) is 24.3 Å².